The van der Waals surface area contributed by atoms with E-state index < -0.39 is 12.4 Å². The summed E-state index contributed by atoms with van der Waals surface area (Å²) in [5, 5.41) is 7.91. The molecule has 0 saturated heterocycles. The molecule has 0 amide bonds. The number of hydrogen-bond donors (Lipinski definition) is 0. The number of aromatic nitrogens is 5. The smallest absolute Gasteiger partial charge is 0.343 e. The summed E-state index contributed by atoms with van der Waals surface area (Å²) in [6.45, 7) is 1.80. The summed E-state index contributed by atoms with van der Waals surface area (Å²) >= 11 is 0. The normalized spacial score (nSPS) is 11.4. The molecule has 0 aromatic carbocycles. The lowest BCUT2D eigenvalue weighted by Crippen LogP contribution is -2.06. The van der Waals surface area contributed by atoms with Gasteiger partial charge in [-0.1, -0.05) is 0 Å². The molecule has 3 heterocycles. The van der Waals surface area contributed by atoms with Crippen LogP contribution < -0.4 is 0 Å². The molecule has 0 unspecified atom stereocenters. The Morgan fingerprint density at radius 2 is 2.04 bits per heavy atom. The van der Waals surface area contributed by atoms with Gasteiger partial charge < -0.3 is 4.74 Å². The monoisotopic (exact) mass is 321 g/mol. The van der Waals surface area contributed by atoms with E-state index in [2.05, 4.69) is 19.9 Å². The predicted octanol–water partition coefficient (Wildman–Crippen LogP) is 2.16. The first kappa shape index (κ1) is 15.1. The highest BCUT2D eigenvalue weighted by Gasteiger charge is 2.22. The first-order valence-corrected chi connectivity index (χ1v) is 6.68. The molecule has 0 N–H and O–H groups in total. The number of esters is 1. The Labute approximate surface area is 129 Å². The van der Waals surface area contributed by atoms with Gasteiger partial charge in [0.1, 0.15) is 11.3 Å². The van der Waals surface area contributed by atoms with Crippen molar-refractivity contribution in [3.63, 3.8) is 0 Å². The van der Waals surface area contributed by atoms with Gasteiger partial charge in [0.15, 0.2) is 5.65 Å². The highest BCUT2D eigenvalue weighted by atomic mass is 19.3. The molecule has 0 atom stereocenters. The Kier molecular flexibility index (Phi) is 3.55. The Balaban J connectivity index is 2.31. The van der Waals surface area contributed by atoms with Crippen LogP contribution in [0.25, 0.3) is 16.9 Å². The highest BCUT2D eigenvalue weighted by molar-refractivity contribution is 5.95. The van der Waals surface area contributed by atoms with Crippen molar-refractivity contribution >= 4 is 11.6 Å². The predicted molar refractivity (Wildman–Crippen MR) is 76.2 cm³/mol. The van der Waals surface area contributed by atoms with Crippen molar-refractivity contribution in [2.75, 3.05) is 7.11 Å². The van der Waals surface area contributed by atoms with E-state index in [0.717, 1.165) is 10.2 Å². The minimum atomic E-state index is -2.78. The molecule has 0 radical (unpaired) electrons. The van der Waals surface area contributed by atoms with Gasteiger partial charge in [-0.3, -0.25) is 4.68 Å². The van der Waals surface area contributed by atoms with Gasteiger partial charge in [-0.05, 0) is 13.0 Å². The van der Waals surface area contributed by atoms with Gasteiger partial charge in [-0.2, -0.15) is 10.2 Å². The van der Waals surface area contributed by atoms with Crippen molar-refractivity contribution in [2.24, 2.45) is 7.05 Å². The second-order valence-corrected chi connectivity index (χ2v) is 4.92. The third-order valence-electron chi connectivity index (χ3n) is 3.64. The van der Waals surface area contributed by atoms with Crippen LogP contribution in [0.1, 0.15) is 28.2 Å². The standard InChI is InChI=1S/C14H13F2N5O2/c1-7-8(5-17-20(7)2)10-4-11(12(15)16)21-13(19-10)9(6-18-21)14(22)23-3/h4-6,12H,1-3H3. The summed E-state index contributed by atoms with van der Waals surface area (Å²) in [5.41, 5.74) is 1.35. The Morgan fingerprint density at radius 3 is 2.61 bits per heavy atom. The van der Waals surface area contributed by atoms with Crippen LogP contribution in [0, 0.1) is 6.92 Å². The van der Waals surface area contributed by atoms with E-state index in [1.54, 1.807) is 18.7 Å². The second-order valence-electron chi connectivity index (χ2n) is 4.92. The second kappa shape index (κ2) is 5.41. The molecule has 0 aliphatic carbocycles. The largest absolute Gasteiger partial charge is 0.465 e. The molecule has 9 heteroatoms. The Hall–Kier alpha value is -2.84. The van der Waals surface area contributed by atoms with Crippen LogP contribution in [0.5, 0.6) is 0 Å². The summed E-state index contributed by atoms with van der Waals surface area (Å²) in [4.78, 5) is 16.1. The molecular formula is C14H13F2N5O2. The number of halogens is 2. The van der Waals surface area contributed by atoms with Crippen molar-refractivity contribution in [1.29, 1.82) is 0 Å². The zero-order valence-electron chi connectivity index (χ0n) is 12.6. The number of nitrogens with zero attached hydrogens (tertiary/aromatic N) is 5. The van der Waals surface area contributed by atoms with Crippen LogP contribution in [-0.2, 0) is 11.8 Å². The van der Waals surface area contributed by atoms with Crippen LogP contribution in [0.3, 0.4) is 0 Å². The Bertz CT molecular complexity index is 900. The zero-order chi connectivity index (χ0) is 16.7. The molecule has 7 nitrogen and oxygen atoms in total. The molecule has 0 aliphatic heterocycles. The number of rotatable bonds is 3. The van der Waals surface area contributed by atoms with E-state index in [0.29, 0.717) is 11.3 Å². The van der Waals surface area contributed by atoms with Gasteiger partial charge in [0.25, 0.3) is 6.43 Å². The summed E-state index contributed by atoms with van der Waals surface area (Å²) in [7, 11) is 2.94. The summed E-state index contributed by atoms with van der Waals surface area (Å²) < 4.78 is 33.9. The average Bonchev–Trinajstić information content (AvgIpc) is 3.10. The third-order valence-corrected chi connectivity index (χ3v) is 3.64. The number of aryl methyl sites for hydroxylation is 1. The molecular weight excluding hydrogens is 308 g/mol. The number of methoxy groups -OCH3 is 1. The summed E-state index contributed by atoms with van der Waals surface area (Å²) in [6, 6.07) is 1.25. The van der Waals surface area contributed by atoms with E-state index >= 15 is 0 Å². The van der Waals surface area contributed by atoms with Crippen LogP contribution in [0.2, 0.25) is 0 Å². The van der Waals surface area contributed by atoms with Crippen LogP contribution in [-0.4, -0.2) is 37.5 Å². The van der Waals surface area contributed by atoms with Crippen molar-refractivity contribution in [1.82, 2.24) is 24.4 Å². The van der Waals surface area contributed by atoms with Crippen LogP contribution >= 0.6 is 0 Å². The van der Waals surface area contributed by atoms with Crippen molar-refractivity contribution < 1.29 is 18.3 Å². The molecule has 0 aliphatic rings. The number of alkyl halides is 2. The fourth-order valence-electron chi connectivity index (χ4n) is 2.28. The van der Waals surface area contributed by atoms with Crippen LogP contribution in [0.4, 0.5) is 8.78 Å². The highest BCUT2D eigenvalue weighted by Crippen LogP contribution is 2.28. The van der Waals surface area contributed by atoms with Gasteiger partial charge in [0, 0.05) is 18.3 Å². The molecule has 0 bridgehead atoms. The lowest BCUT2D eigenvalue weighted by molar-refractivity contribution is 0.0602. The minimum absolute atomic E-state index is 0.0212. The fraction of sp³-hybridized carbons (Fsp3) is 0.286. The number of carbonyl (C=O) groups excluding carboxylic acids is 1. The van der Waals surface area contributed by atoms with Gasteiger partial charge in [0.05, 0.1) is 25.2 Å². The quantitative estimate of drug-likeness (QED) is 0.691. The van der Waals surface area contributed by atoms with Crippen molar-refractivity contribution in [2.45, 2.75) is 13.3 Å². The van der Waals surface area contributed by atoms with Crippen LogP contribution in [0.15, 0.2) is 18.5 Å². The van der Waals surface area contributed by atoms with E-state index in [4.69, 9.17) is 0 Å². The first-order valence-electron chi connectivity index (χ1n) is 6.68. The number of hydrogen-bond acceptors (Lipinski definition) is 5. The lowest BCUT2D eigenvalue weighted by atomic mass is 10.1. The topological polar surface area (TPSA) is 74.3 Å². The number of ether oxygens (including phenoxy) is 1. The molecule has 3 rings (SSSR count). The van der Waals surface area contributed by atoms with E-state index in [1.807, 2.05) is 0 Å². The first-order chi connectivity index (χ1) is 10.9. The van der Waals surface area contributed by atoms with E-state index in [-0.39, 0.29) is 16.9 Å². The Morgan fingerprint density at radius 1 is 1.30 bits per heavy atom. The maximum Gasteiger partial charge on any atom is 0.343 e. The molecule has 3 aromatic heterocycles. The van der Waals surface area contributed by atoms with Gasteiger partial charge in [0.2, 0.25) is 0 Å². The summed E-state index contributed by atoms with van der Waals surface area (Å²) in [6.07, 6.45) is -0.0704. The molecule has 0 spiro atoms. The molecule has 120 valence electrons. The summed E-state index contributed by atoms with van der Waals surface area (Å²) in [5.74, 6) is -0.687. The van der Waals surface area contributed by atoms with E-state index in [1.165, 1.54) is 25.6 Å². The van der Waals surface area contributed by atoms with E-state index in [9.17, 15) is 13.6 Å². The van der Waals surface area contributed by atoms with Gasteiger partial charge >= 0.3 is 5.97 Å². The number of fused-ring (bicyclic) bond motifs is 1. The fourth-order valence-corrected chi connectivity index (χ4v) is 2.28. The van der Waals surface area contributed by atoms with Gasteiger partial charge in [-0.15, -0.1) is 0 Å². The lowest BCUT2D eigenvalue weighted by Gasteiger charge is -2.08. The van der Waals surface area contributed by atoms with Crippen molar-refractivity contribution in [3.8, 4) is 11.3 Å². The molecule has 0 saturated carbocycles. The molecule has 23 heavy (non-hydrogen) atoms. The van der Waals surface area contributed by atoms with Crippen molar-refractivity contribution in [3.05, 3.63) is 35.4 Å². The average molecular weight is 321 g/mol. The zero-order valence-corrected chi connectivity index (χ0v) is 12.6. The van der Waals surface area contributed by atoms with Gasteiger partial charge in [-0.25, -0.2) is 23.1 Å². The third kappa shape index (κ3) is 2.33. The maximum atomic E-state index is 13.4. The molecule has 0 fully saturated rings. The maximum absolute atomic E-state index is 13.4. The minimum Gasteiger partial charge on any atom is -0.465 e. The SMILES string of the molecule is COC(=O)c1cnn2c(C(F)F)cc(-c3cnn(C)c3C)nc12. The number of carbonyl (C=O) groups is 1. The molecule has 3 aromatic rings.